The molecule has 0 N–H and O–H groups in total. The van der Waals surface area contributed by atoms with Gasteiger partial charge < -0.3 is 9.26 Å². The van der Waals surface area contributed by atoms with Gasteiger partial charge in [-0.3, -0.25) is 4.79 Å². The number of alkyl halides is 3. The largest absolute Gasteiger partial charge is 0.471 e. The summed E-state index contributed by atoms with van der Waals surface area (Å²) >= 11 is 0. The number of esters is 1. The van der Waals surface area contributed by atoms with Crippen LogP contribution in [0.5, 0.6) is 0 Å². The van der Waals surface area contributed by atoms with Gasteiger partial charge in [-0.15, -0.1) is 0 Å². The third kappa shape index (κ3) is 5.07. The predicted octanol–water partition coefficient (Wildman–Crippen LogP) is 4.03. The van der Waals surface area contributed by atoms with Gasteiger partial charge in [-0.2, -0.15) is 18.2 Å². The van der Waals surface area contributed by atoms with Gasteiger partial charge in [0.25, 0.3) is 0 Å². The number of halogens is 3. The molecule has 0 saturated heterocycles. The molecule has 0 unspecified atom stereocenters. The Morgan fingerprint density at radius 1 is 1.17 bits per heavy atom. The number of ether oxygens (including phenoxy) is 1. The molecule has 8 heteroatoms. The van der Waals surface area contributed by atoms with E-state index in [1.807, 2.05) is 0 Å². The van der Waals surface area contributed by atoms with Crippen molar-refractivity contribution in [3.63, 3.8) is 0 Å². The number of carbonyl (C=O) groups is 1. The van der Waals surface area contributed by atoms with Gasteiger partial charge in [0.1, 0.15) is 5.60 Å². The average molecular weight is 342 g/mol. The lowest BCUT2D eigenvalue weighted by Crippen LogP contribution is -2.23. The maximum atomic E-state index is 12.4. The van der Waals surface area contributed by atoms with E-state index in [0.717, 1.165) is 5.56 Å². The van der Waals surface area contributed by atoms with Gasteiger partial charge in [-0.1, -0.05) is 29.4 Å². The Balaban J connectivity index is 1.98. The number of hydrogen-bond acceptors (Lipinski definition) is 5. The van der Waals surface area contributed by atoms with Crippen molar-refractivity contribution >= 4 is 5.97 Å². The van der Waals surface area contributed by atoms with Crippen LogP contribution >= 0.6 is 0 Å². The molecule has 0 aliphatic heterocycles. The van der Waals surface area contributed by atoms with Gasteiger partial charge in [0.05, 0.1) is 0 Å². The summed E-state index contributed by atoms with van der Waals surface area (Å²) in [5.74, 6) is -1.83. The Kier molecular flexibility index (Phi) is 4.96. The molecule has 0 aliphatic rings. The van der Waals surface area contributed by atoms with Crippen molar-refractivity contribution in [3.05, 3.63) is 35.7 Å². The number of carbonyl (C=O) groups excluding carboxylic acids is 1. The highest BCUT2D eigenvalue weighted by Gasteiger charge is 2.38. The summed E-state index contributed by atoms with van der Waals surface area (Å²) in [5, 5.41) is 3.32. The van der Waals surface area contributed by atoms with E-state index in [-0.39, 0.29) is 18.2 Å². The molecule has 1 aromatic heterocycles. The molecule has 2 aromatic rings. The highest BCUT2D eigenvalue weighted by atomic mass is 19.4. The van der Waals surface area contributed by atoms with E-state index < -0.39 is 17.7 Å². The fourth-order valence-corrected chi connectivity index (χ4v) is 1.92. The van der Waals surface area contributed by atoms with E-state index in [4.69, 9.17) is 4.74 Å². The van der Waals surface area contributed by atoms with E-state index in [0.29, 0.717) is 12.0 Å². The topological polar surface area (TPSA) is 65.2 Å². The molecule has 0 bridgehead atoms. The third-order valence-electron chi connectivity index (χ3n) is 2.92. The highest BCUT2D eigenvalue weighted by Crippen LogP contribution is 2.29. The van der Waals surface area contributed by atoms with Gasteiger partial charge in [-0.25, -0.2) is 0 Å². The second-order valence-corrected chi connectivity index (χ2v) is 6.20. The van der Waals surface area contributed by atoms with Crippen molar-refractivity contribution in [2.24, 2.45) is 0 Å². The van der Waals surface area contributed by atoms with Crippen LogP contribution in [0, 0.1) is 0 Å². The molecule has 0 aliphatic carbocycles. The molecule has 0 saturated carbocycles. The minimum Gasteiger partial charge on any atom is -0.460 e. The Labute approximate surface area is 136 Å². The zero-order valence-corrected chi connectivity index (χ0v) is 13.5. The molecule has 0 spiro atoms. The van der Waals surface area contributed by atoms with Crippen LogP contribution in [0.1, 0.15) is 38.6 Å². The summed E-state index contributed by atoms with van der Waals surface area (Å²) in [4.78, 5) is 15.0. The van der Waals surface area contributed by atoms with Gasteiger partial charge in [-0.05, 0) is 32.8 Å². The van der Waals surface area contributed by atoms with Crippen LogP contribution in [0.2, 0.25) is 0 Å². The van der Waals surface area contributed by atoms with Crippen molar-refractivity contribution in [1.29, 1.82) is 0 Å². The molecule has 0 radical (unpaired) electrons. The number of benzene rings is 1. The molecule has 0 fully saturated rings. The van der Waals surface area contributed by atoms with Crippen LogP contribution in [-0.2, 0) is 22.1 Å². The summed E-state index contributed by atoms with van der Waals surface area (Å²) < 4.78 is 46.7. The SMILES string of the molecule is CC(C)(C)OC(=O)CCc1ccc(-c2noc(C(F)(F)F)n2)cc1. The summed E-state index contributed by atoms with van der Waals surface area (Å²) in [6.07, 6.45) is -3.98. The molecule has 1 heterocycles. The van der Waals surface area contributed by atoms with Gasteiger partial charge in [0, 0.05) is 12.0 Å². The molecular weight excluding hydrogens is 325 g/mol. The number of nitrogens with zero attached hydrogens (tertiary/aromatic N) is 2. The normalized spacial score (nSPS) is 12.2. The second kappa shape index (κ2) is 6.62. The lowest BCUT2D eigenvalue weighted by Gasteiger charge is -2.19. The van der Waals surface area contributed by atoms with Crippen LogP contribution in [0.4, 0.5) is 13.2 Å². The summed E-state index contributed by atoms with van der Waals surface area (Å²) in [5.41, 5.74) is 0.717. The molecule has 24 heavy (non-hydrogen) atoms. The van der Waals surface area contributed by atoms with Crippen molar-refractivity contribution in [2.45, 2.75) is 45.4 Å². The zero-order valence-electron chi connectivity index (χ0n) is 13.5. The van der Waals surface area contributed by atoms with Crippen molar-refractivity contribution in [2.75, 3.05) is 0 Å². The van der Waals surface area contributed by atoms with E-state index in [1.54, 1.807) is 45.0 Å². The molecule has 0 amide bonds. The first-order valence-electron chi connectivity index (χ1n) is 7.27. The van der Waals surface area contributed by atoms with E-state index in [9.17, 15) is 18.0 Å². The zero-order chi connectivity index (χ0) is 18.0. The monoisotopic (exact) mass is 342 g/mol. The van der Waals surface area contributed by atoms with Gasteiger partial charge >= 0.3 is 18.0 Å². The van der Waals surface area contributed by atoms with Crippen LogP contribution in [0.25, 0.3) is 11.4 Å². The molecule has 5 nitrogen and oxygen atoms in total. The molecule has 1 aromatic carbocycles. The van der Waals surface area contributed by atoms with Gasteiger partial charge in [0.15, 0.2) is 0 Å². The average Bonchev–Trinajstić information content (AvgIpc) is 2.93. The quantitative estimate of drug-likeness (QED) is 0.785. The Morgan fingerprint density at radius 2 is 1.79 bits per heavy atom. The second-order valence-electron chi connectivity index (χ2n) is 6.20. The first kappa shape index (κ1) is 18.0. The van der Waals surface area contributed by atoms with Crippen LogP contribution in [0.3, 0.4) is 0 Å². The van der Waals surface area contributed by atoms with Crippen molar-refractivity contribution < 1.29 is 27.2 Å². The number of rotatable bonds is 4. The molecule has 2 rings (SSSR count). The summed E-state index contributed by atoms with van der Waals surface area (Å²) in [7, 11) is 0. The van der Waals surface area contributed by atoms with E-state index in [1.165, 1.54) is 0 Å². The maximum Gasteiger partial charge on any atom is 0.471 e. The van der Waals surface area contributed by atoms with Crippen molar-refractivity contribution in [1.82, 2.24) is 10.1 Å². The standard InChI is InChI=1S/C16H17F3N2O3/c1-15(2,3)23-12(22)9-6-10-4-7-11(8-5-10)13-20-14(24-21-13)16(17,18)19/h4-5,7-8H,6,9H2,1-3H3. The van der Waals surface area contributed by atoms with Crippen LogP contribution in [0.15, 0.2) is 28.8 Å². The maximum absolute atomic E-state index is 12.4. The third-order valence-corrected chi connectivity index (χ3v) is 2.92. The van der Waals surface area contributed by atoms with E-state index >= 15 is 0 Å². The molecular formula is C16H17F3N2O3. The number of hydrogen-bond donors (Lipinski definition) is 0. The number of aryl methyl sites for hydroxylation is 1. The van der Waals surface area contributed by atoms with E-state index in [2.05, 4.69) is 14.7 Å². The fraction of sp³-hybridized carbons (Fsp3) is 0.438. The number of aromatic nitrogens is 2. The van der Waals surface area contributed by atoms with Gasteiger partial charge in [0.2, 0.25) is 5.82 Å². The summed E-state index contributed by atoms with van der Waals surface area (Å²) in [6, 6.07) is 6.55. The summed E-state index contributed by atoms with van der Waals surface area (Å²) in [6.45, 7) is 5.37. The highest BCUT2D eigenvalue weighted by molar-refractivity contribution is 5.70. The predicted molar refractivity (Wildman–Crippen MR) is 78.9 cm³/mol. The molecule has 0 atom stereocenters. The fourth-order valence-electron chi connectivity index (χ4n) is 1.92. The smallest absolute Gasteiger partial charge is 0.460 e. The van der Waals surface area contributed by atoms with Crippen molar-refractivity contribution in [3.8, 4) is 11.4 Å². The Bertz CT molecular complexity index is 701. The van der Waals surface area contributed by atoms with Crippen LogP contribution < -0.4 is 0 Å². The first-order chi connectivity index (χ1) is 11.0. The molecule has 130 valence electrons. The Hall–Kier alpha value is -2.38. The lowest BCUT2D eigenvalue weighted by molar-refractivity contribution is -0.159. The Morgan fingerprint density at radius 3 is 2.29 bits per heavy atom. The first-order valence-corrected chi connectivity index (χ1v) is 7.27. The minimum absolute atomic E-state index is 0.138. The van der Waals surface area contributed by atoms with Crippen LogP contribution in [-0.4, -0.2) is 21.7 Å². The lowest BCUT2D eigenvalue weighted by atomic mass is 10.1. The minimum atomic E-state index is -4.67.